The highest BCUT2D eigenvalue weighted by atomic mass is 32.1. The molecule has 3 aromatic rings. The molecule has 0 aliphatic heterocycles. The molecule has 0 atom stereocenters. The van der Waals surface area contributed by atoms with E-state index >= 15 is 0 Å². The van der Waals surface area contributed by atoms with Gasteiger partial charge < -0.3 is 4.90 Å². The van der Waals surface area contributed by atoms with Gasteiger partial charge in [0.05, 0.1) is 0 Å². The van der Waals surface area contributed by atoms with E-state index in [9.17, 15) is 4.79 Å². The molecule has 0 N–H and O–H groups in total. The number of amides is 1. The van der Waals surface area contributed by atoms with E-state index in [0.29, 0.717) is 12.2 Å². The lowest BCUT2D eigenvalue weighted by Gasteiger charge is -2.15. The van der Waals surface area contributed by atoms with Gasteiger partial charge in [-0.1, -0.05) is 60.7 Å². The fraction of sp³-hybridized carbons (Fsp3) is 0.111. The average molecular weight is 308 g/mol. The summed E-state index contributed by atoms with van der Waals surface area (Å²) in [6.45, 7) is 0.581. The molecule has 4 heteroatoms. The molecule has 1 amide bonds. The van der Waals surface area contributed by atoms with Crippen molar-refractivity contribution >= 4 is 17.2 Å². The van der Waals surface area contributed by atoms with E-state index in [-0.39, 0.29) is 5.91 Å². The van der Waals surface area contributed by atoms with Crippen LogP contribution in [0.1, 0.15) is 16.1 Å². The molecule has 0 spiro atoms. The second-order valence-electron chi connectivity index (χ2n) is 5.05. The summed E-state index contributed by atoms with van der Waals surface area (Å²) in [5.41, 5.74) is 2.65. The number of thiazole rings is 1. The number of hydrogen-bond acceptors (Lipinski definition) is 3. The number of hydrogen-bond donors (Lipinski definition) is 0. The fourth-order valence-corrected chi connectivity index (χ4v) is 3.01. The SMILES string of the molecule is CN(Cc1ccccc1)C(=O)c1csc(-c2ccccc2)n1. The van der Waals surface area contributed by atoms with Gasteiger partial charge in [0, 0.05) is 24.5 Å². The average Bonchev–Trinajstić information content (AvgIpc) is 3.06. The molecule has 0 saturated heterocycles. The van der Waals surface area contributed by atoms with Crippen molar-refractivity contribution in [2.75, 3.05) is 7.05 Å². The van der Waals surface area contributed by atoms with Crippen molar-refractivity contribution < 1.29 is 4.79 Å². The van der Waals surface area contributed by atoms with Crippen LogP contribution in [-0.4, -0.2) is 22.8 Å². The van der Waals surface area contributed by atoms with Crippen LogP contribution in [0.4, 0.5) is 0 Å². The van der Waals surface area contributed by atoms with Gasteiger partial charge in [-0.2, -0.15) is 0 Å². The van der Waals surface area contributed by atoms with E-state index in [0.717, 1.165) is 16.1 Å². The van der Waals surface area contributed by atoms with E-state index in [4.69, 9.17) is 0 Å². The Balaban J connectivity index is 1.74. The number of benzene rings is 2. The van der Waals surface area contributed by atoms with Crippen LogP contribution in [0.15, 0.2) is 66.0 Å². The van der Waals surface area contributed by atoms with Crippen molar-refractivity contribution in [3.05, 3.63) is 77.3 Å². The van der Waals surface area contributed by atoms with Crippen LogP contribution < -0.4 is 0 Å². The first kappa shape index (κ1) is 14.5. The first-order chi connectivity index (χ1) is 10.7. The monoisotopic (exact) mass is 308 g/mol. The van der Waals surface area contributed by atoms with Crippen LogP contribution in [0.25, 0.3) is 10.6 Å². The minimum Gasteiger partial charge on any atom is -0.336 e. The molecule has 2 aromatic carbocycles. The second-order valence-corrected chi connectivity index (χ2v) is 5.91. The van der Waals surface area contributed by atoms with Crippen molar-refractivity contribution in [3.8, 4) is 10.6 Å². The van der Waals surface area contributed by atoms with Crippen molar-refractivity contribution in [2.45, 2.75) is 6.54 Å². The molecule has 110 valence electrons. The van der Waals surface area contributed by atoms with Crippen LogP contribution in [0.5, 0.6) is 0 Å². The van der Waals surface area contributed by atoms with Gasteiger partial charge in [0.2, 0.25) is 0 Å². The van der Waals surface area contributed by atoms with Gasteiger partial charge in [0.15, 0.2) is 0 Å². The Labute approximate surface area is 133 Å². The molecule has 0 saturated carbocycles. The number of rotatable bonds is 4. The van der Waals surface area contributed by atoms with Crippen LogP contribution in [0, 0.1) is 0 Å². The van der Waals surface area contributed by atoms with Gasteiger partial charge in [-0.3, -0.25) is 4.79 Å². The first-order valence-electron chi connectivity index (χ1n) is 7.04. The summed E-state index contributed by atoms with van der Waals surface area (Å²) < 4.78 is 0. The molecular formula is C18H16N2OS. The maximum atomic E-state index is 12.5. The Morgan fingerprint density at radius 1 is 1.05 bits per heavy atom. The third kappa shape index (κ3) is 3.23. The van der Waals surface area contributed by atoms with Crippen LogP contribution in [0.2, 0.25) is 0 Å². The smallest absolute Gasteiger partial charge is 0.273 e. The lowest BCUT2D eigenvalue weighted by atomic mass is 10.2. The topological polar surface area (TPSA) is 33.2 Å². The largest absolute Gasteiger partial charge is 0.336 e. The predicted octanol–water partition coefficient (Wildman–Crippen LogP) is 4.08. The van der Waals surface area contributed by atoms with E-state index in [2.05, 4.69) is 4.98 Å². The standard InChI is InChI=1S/C18H16N2OS/c1-20(12-14-8-4-2-5-9-14)18(21)16-13-22-17(19-16)15-10-6-3-7-11-15/h2-11,13H,12H2,1H3. The van der Waals surface area contributed by atoms with E-state index in [1.165, 1.54) is 11.3 Å². The summed E-state index contributed by atoms with van der Waals surface area (Å²) in [4.78, 5) is 18.6. The number of aromatic nitrogens is 1. The molecule has 0 fully saturated rings. The van der Waals surface area contributed by atoms with Crippen molar-refractivity contribution in [1.82, 2.24) is 9.88 Å². The molecule has 0 bridgehead atoms. The van der Waals surface area contributed by atoms with Gasteiger partial charge >= 0.3 is 0 Å². The van der Waals surface area contributed by atoms with Crippen LogP contribution in [0.3, 0.4) is 0 Å². The summed E-state index contributed by atoms with van der Waals surface area (Å²) >= 11 is 1.50. The molecule has 3 nitrogen and oxygen atoms in total. The lowest BCUT2D eigenvalue weighted by Crippen LogP contribution is -2.26. The molecule has 0 unspecified atom stereocenters. The number of nitrogens with zero attached hydrogens (tertiary/aromatic N) is 2. The molecule has 0 radical (unpaired) electrons. The van der Waals surface area contributed by atoms with Gasteiger partial charge in [0.25, 0.3) is 5.91 Å². The zero-order valence-electron chi connectivity index (χ0n) is 12.3. The van der Waals surface area contributed by atoms with Gasteiger partial charge in [-0.15, -0.1) is 11.3 Å². The summed E-state index contributed by atoms with van der Waals surface area (Å²) in [6.07, 6.45) is 0. The van der Waals surface area contributed by atoms with Crippen LogP contribution in [-0.2, 0) is 6.54 Å². The van der Waals surface area contributed by atoms with Crippen molar-refractivity contribution in [2.24, 2.45) is 0 Å². The van der Waals surface area contributed by atoms with E-state index in [1.54, 1.807) is 11.9 Å². The third-order valence-corrected chi connectivity index (χ3v) is 4.24. The van der Waals surface area contributed by atoms with Gasteiger partial charge in [-0.25, -0.2) is 4.98 Å². The second kappa shape index (κ2) is 6.54. The molecule has 0 aliphatic rings. The Morgan fingerprint density at radius 2 is 1.68 bits per heavy atom. The summed E-state index contributed by atoms with van der Waals surface area (Å²) in [5.74, 6) is -0.0534. The number of carbonyl (C=O) groups excluding carboxylic acids is 1. The molecular weight excluding hydrogens is 292 g/mol. The maximum absolute atomic E-state index is 12.5. The highest BCUT2D eigenvalue weighted by Gasteiger charge is 2.16. The predicted molar refractivity (Wildman–Crippen MR) is 89.8 cm³/mol. The molecule has 1 aromatic heterocycles. The molecule has 3 rings (SSSR count). The Kier molecular flexibility index (Phi) is 4.30. The molecule has 22 heavy (non-hydrogen) atoms. The normalized spacial score (nSPS) is 10.4. The van der Waals surface area contributed by atoms with Crippen LogP contribution >= 0.6 is 11.3 Å². The van der Waals surface area contributed by atoms with E-state index in [1.807, 2.05) is 66.0 Å². The highest BCUT2D eigenvalue weighted by molar-refractivity contribution is 7.13. The first-order valence-corrected chi connectivity index (χ1v) is 7.92. The minimum absolute atomic E-state index is 0.0534. The quantitative estimate of drug-likeness (QED) is 0.727. The Morgan fingerprint density at radius 3 is 2.36 bits per heavy atom. The third-order valence-electron chi connectivity index (χ3n) is 3.35. The maximum Gasteiger partial charge on any atom is 0.273 e. The summed E-state index contributed by atoms with van der Waals surface area (Å²) in [6, 6.07) is 19.9. The lowest BCUT2D eigenvalue weighted by molar-refractivity contribution is 0.0780. The van der Waals surface area contributed by atoms with Gasteiger partial charge in [0.1, 0.15) is 10.7 Å². The number of carbonyl (C=O) groups is 1. The van der Waals surface area contributed by atoms with E-state index < -0.39 is 0 Å². The molecule has 1 heterocycles. The summed E-state index contributed by atoms with van der Waals surface area (Å²) in [7, 11) is 1.80. The Hall–Kier alpha value is -2.46. The van der Waals surface area contributed by atoms with Crippen molar-refractivity contribution in [3.63, 3.8) is 0 Å². The summed E-state index contributed by atoms with van der Waals surface area (Å²) in [5, 5.41) is 2.70. The van der Waals surface area contributed by atoms with Gasteiger partial charge in [-0.05, 0) is 5.56 Å². The zero-order chi connectivity index (χ0) is 15.4. The molecule has 0 aliphatic carbocycles. The highest BCUT2D eigenvalue weighted by Crippen LogP contribution is 2.23. The zero-order valence-corrected chi connectivity index (χ0v) is 13.1. The fourth-order valence-electron chi connectivity index (χ4n) is 2.21. The minimum atomic E-state index is -0.0534. The Bertz CT molecular complexity index is 753. The van der Waals surface area contributed by atoms with Crippen molar-refractivity contribution in [1.29, 1.82) is 0 Å².